The zero-order chi connectivity index (χ0) is 10.5. The van der Waals surface area contributed by atoms with Crippen LogP contribution in [0.25, 0.3) is 0 Å². The molecule has 74 valence electrons. The maximum absolute atomic E-state index is 8.27. The minimum atomic E-state index is -1.62. The molecule has 0 saturated carbocycles. The van der Waals surface area contributed by atoms with E-state index in [1.54, 1.807) is 6.08 Å². The van der Waals surface area contributed by atoms with Crippen LogP contribution >= 0.6 is 0 Å². The van der Waals surface area contributed by atoms with Gasteiger partial charge in [-0.2, -0.15) is 5.26 Å². The fourth-order valence-corrected chi connectivity index (χ4v) is 1.52. The zero-order valence-electron chi connectivity index (χ0n) is 9.22. The van der Waals surface area contributed by atoms with E-state index < -0.39 is 8.32 Å². The van der Waals surface area contributed by atoms with Crippen molar-refractivity contribution in [2.45, 2.75) is 38.9 Å². The summed E-state index contributed by atoms with van der Waals surface area (Å²) in [4.78, 5) is 0. The topological polar surface area (TPSA) is 33.0 Å². The Balaban J connectivity index is 4.06. The van der Waals surface area contributed by atoms with Gasteiger partial charge in [0.15, 0.2) is 8.32 Å². The molecule has 0 amide bonds. The molecular formula is C10H19NOSi. The summed E-state index contributed by atoms with van der Waals surface area (Å²) < 4.78 is 5.80. The van der Waals surface area contributed by atoms with Crippen LogP contribution in [-0.4, -0.2) is 14.9 Å². The van der Waals surface area contributed by atoms with Crippen LogP contribution in [0.5, 0.6) is 0 Å². The maximum atomic E-state index is 8.27. The Labute approximate surface area is 82.3 Å². The quantitative estimate of drug-likeness (QED) is 0.514. The predicted molar refractivity (Wildman–Crippen MR) is 57.9 cm³/mol. The number of nitriles is 1. The third-order valence-electron chi connectivity index (χ3n) is 2.54. The molecule has 0 saturated heterocycles. The first kappa shape index (κ1) is 12.4. The second-order valence-corrected chi connectivity index (χ2v) is 9.41. The summed E-state index contributed by atoms with van der Waals surface area (Å²) in [5, 5.41) is 8.52. The normalized spacial score (nSPS) is 13.2. The highest BCUT2D eigenvalue weighted by molar-refractivity contribution is 6.74. The Morgan fingerprint density at radius 1 is 1.38 bits per heavy atom. The fourth-order valence-electron chi connectivity index (χ4n) is 0.574. The van der Waals surface area contributed by atoms with Gasteiger partial charge in [0.1, 0.15) is 0 Å². The Kier molecular flexibility index (Phi) is 4.38. The van der Waals surface area contributed by atoms with Gasteiger partial charge in [0.2, 0.25) is 0 Å². The predicted octanol–water partition coefficient (Wildman–Crippen LogP) is 3.09. The number of hydrogen-bond acceptors (Lipinski definition) is 2. The van der Waals surface area contributed by atoms with Crippen LogP contribution in [-0.2, 0) is 4.43 Å². The highest BCUT2D eigenvalue weighted by Gasteiger charge is 2.36. The van der Waals surface area contributed by atoms with Gasteiger partial charge in [-0.15, -0.1) is 0 Å². The SMILES string of the molecule is CC(C)(C)[Si](C)(C)OCC=CC#N. The Morgan fingerprint density at radius 2 is 1.92 bits per heavy atom. The van der Waals surface area contributed by atoms with Gasteiger partial charge in [-0.05, 0) is 24.2 Å². The van der Waals surface area contributed by atoms with Crippen LogP contribution in [0.2, 0.25) is 18.1 Å². The lowest BCUT2D eigenvalue weighted by molar-refractivity contribution is 0.328. The second kappa shape index (κ2) is 4.59. The summed E-state index contributed by atoms with van der Waals surface area (Å²) in [6.45, 7) is 11.6. The monoisotopic (exact) mass is 197 g/mol. The first-order chi connectivity index (χ1) is 5.81. The number of rotatable bonds is 3. The van der Waals surface area contributed by atoms with E-state index in [0.717, 1.165) is 0 Å². The molecule has 0 fully saturated rings. The molecule has 0 aromatic rings. The summed E-state index contributed by atoms with van der Waals surface area (Å²) in [5.74, 6) is 0. The van der Waals surface area contributed by atoms with Crippen molar-refractivity contribution in [2.75, 3.05) is 6.61 Å². The first-order valence-electron chi connectivity index (χ1n) is 4.50. The van der Waals surface area contributed by atoms with E-state index >= 15 is 0 Å². The van der Waals surface area contributed by atoms with Gasteiger partial charge in [0, 0.05) is 6.08 Å². The van der Waals surface area contributed by atoms with Gasteiger partial charge in [0.05, 0.1) is 12.7 Å². The van der Waals surface area contributed by atoms with E-state index in [4.69, 9.17) is 9.69 Å². The number of nitrogens with zero attached hydrogens (tertiary/aromatic N) is 1. The molecule has 0 N–H and O–H groups in total. The number of allylic oxidation sites excluding steroid dienone is 1. The van der Waals surface area contributed by atoms with Gasteiger partial charge in [-0.1, -0.05) is 20.8 Å². The third kappa shape index (κ3) is 4.25. The molecule has 0 aromatic heterocycles. The lowest BCUT2D eigenvalue weighted by Gasteiger charge is -2.35. The van der Waals surface area contributed by atoms with Crippen LogP contribution in [0.4, 0.5) is 0 Å². The van der Waals surface area contributed by atoms with Crippen molar-refractivity contribution in [1.29, 1.82) is 5.26 Å². The third-order valence-corrected chi connectivity index (χ3v) is 7.04. The van der Waals surface area contributed by atoms with Crippen molar-refractivity contribution in [3.63, 3.8) is 0 Å². The lowest BCUT2D eigenvalue weighted by Crippen LogP contribution is -2.40. The van der Waals surface area contributed by atoms with Gasteiger partial charge in [-0.3, -0.25) is 0 Å². The molecule has 0 aliphatic rings. The van der Waals surface area contributed by atoms with Crippen molar-refractivity contribution < 1.29 is 4.43 Å². The first-order valence-corrected chi connectivity index (χ1v) is 7.40. The minimum absolute atomic E-state index is 0.244. The molecule has 0 bridgehead atoms. The molecular weight excluding hydrogens is 178 g/mol. The van der Waals surface area contributed by atoms with Crippen molar-refractivity contribution in [1.82, 2.24) is 0 Å². The lowest BCUT2D eigenvalue weighted by atomic mass is 10.2. The zero-order valence-corrected chi connectivity index (χ0v) is 10.2. The highest BCUT2D eigenvalue weighted by atomic mass is 28.4. The molecule has 0 unspecified atom stereocenters. The Morgan fingerprint density at radius 3 is 2.31 bits per heavy atom. The smallest absolute Gasteiger partial charge is 0.192 e. The minimum Gasteiger partial charge on any atom is -0.413 e. The van der Waals surface area contributed by atoms with E-state index in [-0.39, 0.29) is 5.04 Å². The summed E-state index contributed by atoms with van der Waals surface area (Å²) in [7, 11) is -1.62. The molecule has 2 nitrogen and oxygen atoms in total. The Hall–Kier alpha value is -0.593. The Bertz CT molecular complexity index is 220. The molecule has 3 heteroatoms. The number of hydrogen-bond donors (Lipinski definition) is 0. The summed E-state index contributed by atoms with van der Waals surface area (Å²) in [6, 6.07) is 1.95. The van der Waals surface area contributed by atoms with E-state index in [9.17, 15) is 0 Å². The van der Waals surface area contributed by atoms with E-state index in [1.165, 1.54) is 6.08 Å². The van der Waals surface area contributed by atoms with Gasteiger partial charge >= 0.3 is 0 Å². The molecule has 0 atom stereocenters. The summed E-state index contributed by atoms with van der Waals surface area (Å²) in [5.41, 5.74) is 0. The highest BCUT2D eigenvalue weighted by Crippen LogP contribution is 2.36. The van der Waals surface area contributed by atoms with Crippen LogP contribution in [0, 0.1) is 11.3 Å². The van der Waals surface area contributed by atoms with Crippen molar-refractivity contribution >= 4 is 8.32 Å². The van der Waals surface area contributed by atoms with Crippen molar-refractivity contribution in [3.05, 3.63) is 12.2 Å². The molecule has 0 aliphatic heterocycles. The molecule has 0 heterocycles. The average Bonchev–Trinajstić information content (AvgIpc) is 1.96. The second-order valence-electron chi connectivity index (χ2n) is 4.60. The van der Waals surface area contributed by atoms with Gasteiger partial charge in [-0.25, -0.2) is 0 Å². The summed E-state index contributed by atoms with van der Waals surface area (Å²) in [6.07, 6.45) is 3.23. The van der Waals surface area contributed by atoms with Crippen LogP contribution in [0.1, 0.15) is 20.8 Å². The fraction of sp³-hybridized carbons (Fsp3) is 0.700. The molecule has 13 heavy (non-hydrogen) atoms. The molecule has 0 aliphatic carbocycles. The largest absolute Gasteiger partial charge is 0.413 e. The van der Waals surface area contributed by atoms with Gasteiger partial charge in [0.25, 0.3) is 0 Å². The van der Waals surface area contributed by atoms with Crippen molar-refractivity contribution in [2.24, 2.45) is 0 Å². The standard InChI is InChI=1S/C10H19NOSi/c1-10(2,3)13(4,5)12-9-7-6-8-11/h6-7H,9H2,1-5H3. The van der Waals surface area contributed by atoms with Crippen LogP contribution < -0.4 is 0 Å². The van der Waals surface area contributed by atoms with E-state index in [1.807, 2.05) is 6.07 Å². The maximum Gasteiger partial charge on any atom is 0.192 e. The molecule has 0 rings (SSSR count). The van der Waals surface area contributed by atoms with Crippen molar-refractivity contribution in [3.8, 4) is 6.07 Å². The molecule has 0 spiro atoms. The van der Waals surface area contributed by atoms with E-state index in [2.05, 4.69) is 33.9 Å². The van der Waals surface area contributed by atoms with E-state index in [0.29, 0.717) is 6.61 Å². The molecule has 0 aromatic carbocycles. The van der Waals surface area contributed by atoms with Crippen LogP contribution in [0.3, 0.4) is 0 Å². The molecule has 0 radical (unpaired) electrons. The van der Waals surface area contributed by atoms with Gasteiger partial charge < -0.3 is 4.43 Å². The summed E-state index contributed by atoms with van der Waals surface area (Å²) >= 11 is 0. The van der Waals surface area contributed by atoms with Crippen LogP contribution in [0.15, 0.2) is 12.2 Å². The average molecular weight is 197 g/mol.